The van der Waals surface area contributed by atoms with Crippen LogP contribution in [0.15, 0.2) is 24.3 Å². The number of carbonyl (C=O) groups is 1. The molecule has 1 fully saturated rings. The van der Waals surface area contributed by atoms with Crippen LogP contribution >= 0.6 is 0 Å². The molecule has 24 heavy (non-hydrogen) atoms. The molecule has 1 aliphatic heterocycles. The second-order valence-electron chi connectivity index (χ2n) is 5.89. The zero-order chi connectivity index (χ0) is 17.6. The molecule has 1 aromatic carbocycles. The van der Waals surface area contributed by atoms with Gasteiger partial charge in [0.2, 0.25) is 15.9 Å². The van der Waals surface area contributed by atoms with Gasteiger partial charge < -0.3 is 9.64 Å². The number of aryl methyl sites for hydroxylation is 1. The average Bonchev–Trinajstić information content (AvgIpc) is 2.86. The van der Waals surface area contributed by atoms with E-state index in [1.54, 1.807) is 18.9 Å². The van der Waals surface area contributed by atoms with Crippen molar-refractivity contribution < 1.29 is 17.9 Å². The van der Waals surface area contributed by atoms with Gasteiger partial charge in [0.05, 0.1) is 12.9 Å². The first-order chi connectivity index (χ1) is 11.5. The van der Waals surface area contributed by atoms with Gasteiger partial charge in [-0.3, -0.25) is 4.79 Å². The number of benzene rings is 1. The van der Waals surface area contributed by atoms with Crippen molar-refractivity contribution in [2.45, 2.75) is 26.2 Å². The van der Waals surface area contributed by atoms with Crippen LogP contribution in [0.4, 0.5) is 0 Å². The number of nitrogens with zero attached hydrogens (tertiary/aromatic N) is 2. The summed E-state index contributed by atoms with van der Waals surface area (Å²) >= 11 is 0. The molecule has 1 saturated heterocycles. The van der Waals surface area contributed by atoms with Crippen molar-refractivity contribution in [1.82, 2.24) is 9.21 Å². The van der Waals surface area contributed by atoms with E-state index in [9.17, 15) is 13.2 Å². The molecule has 6 nitrogen and oxygen atoms in total. The molecule has 1 aromatic rings. The summed E-state index contributed by atoms with van der Waals surface area (Å²) in [4.78, 5) is 14.2. The summed E-state index contributed by atoms with van der Waals surface area (Å²) in [6.07, 6.45) is 1.77. The van der Waals surface area contributed by atoms with Crippen LogP contribution in [0.1, 0.15) is 25.3 Å². The monoisotopic (exact) mass is 354 g/mol. The smallest absolute Gasteiger partial charge is 0.222 e. The quantitative estimate of drug-likeness (QED) is 0.777. The lowest BCUT2D eigenvalue weighted by Gasteiger charge is -2.21. The third-order valence-corrected chi connectivity index (χ3v) is 6.21. The first-order valence-corrected chi connectivity index (χ1v) is 9.95. The standard InChI is InChI=1S/C17H26N2O4S/c1-3-24(21,22)19-11-5-10-18(12-13-19)17(20)9-8-15-6-4-7-16(14-15)23-2/h4,6-7,14H,3,5,8-13H2,1-2H3. The molecule has 0 N–H and O–H groups in total. The summed E-state index contributed by atoms with van der Waals surface area (Å²) in [7, 11) is -1.55. The summed E-state index contributed by atoms with van der Waals surface area (Å²) in [5.41, 5.74) is 1.06. The Bertz CT molecular complexity index is 660. The summed E-state index contributed by atoms with van der Waals surface area (Å²) in [5, 5.41) is 0. The fraction of sp³-hybridized carbons (Fsp3) is 0.588. The number of hydrogen-bond acceptors (Lipinski definition) is 4. The van der Waals surface area contributed by atoms with Crippen molar-refractivity contribution >= 4 is 15.9 Å². The minimum absolute atomic E-state index is 0.0774. The molecule has 0 bridgehead atoms. The maximum Gasteiger partial charge on any atom is 0.222 e. The van der Waals surface area contributed by atoms with E-state index in [2.05, 4.69) is 0 Å². The van der Waals surface area contributed by atoms with E-state index in [1.165, 1.54) is 4.31 Å². The minimum atomic E-state index is -3.18. The first-order valence-electron chi connectivity index (χ1n) is 8.35. The number of ether oxygens (including phenoxy) is 1. The van der Waals surface area contributed by atoms with Crippen LogP contribution in [0.5, 0.6) is 5.75 Å². The highest BCUT2D eigenvalue weighted by Crippen LogP contribution is 2.15. The zero-order valence-corrected chi connectivity index (χ0v) is 15.2. The fourth-order valence-corrected chi connectivity index (χ4v) is 3.97. The lowest BCUT2D eigenvalue weighted by atomic mass is 10.1. The first kappa shape index (κ1) is 18.7. The van der Waals surface area contributed by atoms with Crippen LogP contribution in [0.25, 0.3) is 0 Å². The molecule has 0 aromatic heterocycles. The Morgan fingerprint density at radius 3 is 2.71 bits per heavy atom. The molecule has 7 heteroatoms. The van der Waals surface area contributed by atoms with Crippen molar-refractivity contribution in [2.75, 3.05) is 39.0 Å². The third-order valence-electron chi connectivity index (χ3n) is 4.33. The van der Waals surface area contributed by atoms with E-state index in [4.69, 9.17) is 4.74 Å². The number of sulfonamides is 1. The predicted molar refractivity (Wildman–Crippen MR) is 93.5 cm³/mol. The SMILES string of the molecule is CCS(=O)(=O)N1CCCN(C(=O)CCc2cccc(OC)c2)CC1. The maximum atomic E-state index is 12.4. The lowest BCUT2D eigenvalue weighted by Crippen LogP contribution is -2.38. The summed E-state index contributed by atoms with van der Waals surface area (Å²) in [5.74, 6) is 0.972. The van der Waals surface area contributed by atoms with Crippen molar-refractivity contribution in [3.63, 3.8) is 0 Å². The Morgan fingerprint density at radius 1 is 1.21 bits per heavy atom. The van der Waals surface area contributed by atoms with Gasteiger partial charge in [0.1, 0.15) is 5.75 Å². The van der Waals surface area contributed by atoms with Crippen LogP contribution in [-0.2, 0) is 21.2 Å². The number of methoxy groups -OCH3 is 1. The van der Waals surface area contributed by atoms with Gasteiger partial charge in [0, 0.05) is 32.6 Å². The van der Waals surface area contributed by atoms with Crippen molar-refractivity contribution in [3.05, 3.63) is 29.8 Å². The molecule has 2 rings (SSSR count). The van der Waals surface area contributed by atoms with Gasteiger partial charge >= 0.3 is 0 Å². The van der Waals surface area contributed by atoms with E-state index in [1.807, 2.05) is 24.3 Å². The highest BCUT2D eigenvalue weighted by Gasteiger charge is 2.25. The lowest BCUT2D eigenvalue weighted by molar-refractivity contribution is -0.131. The Hall–Kier alpha value is -1.60. The second-order valence-corrected chi connectivity index (χ2v) is 8.14. The molecule has 1 heterocycles. The summed E-state index contributed by atoms with van der Waals surface area (Å²) in [6, 6.07) is 7.71. The average molecular weight is 354 g/mol. The van der Waals surface area contributed by atoms with Crippen LogP contribution in [0.2, 0.25) is 0 Å². The molecule has 0 atom stereocenters. The number of rotatable bonds is 6. The number of carbonyl (C=O) groups excluding carboxylic acids is 1. The largest absolute Gasteiger partial charge is 0.497 e. The maximum absolute atomic E-state index is 12.4. The van der Waals surface area contributed by atoms with E-state index >= 15 is 0 Å². The molecule has 0 saturated carbocycles. The van der Waals surface area contributed by atoms with Crippen molar-refractivity contribution in [1.29, 1.82) is 0 Å². The molecule has 0 unspecified atom stereocenters. The van der Waals surface area contributed by atoms with Crippen LogP contribution in [0.3, 0.4) is 0 Å². The molecule has 134 valence electrons. The Morgan fingerprint density at radius 2 is 2.00 bits per heavy atom. The number of amides is 1. The topological polar surface area (TPSA) is 66.9 Å². The summed E-state index contributed by atoms with van der Waals surface area (Å²) < 4.78 is 30.6. The third kappa shape index (κ3) is 4.95. The Balaban J connectivity index is 1.88. The van der Waals surface area contributed by atoms with Gasteiger partial charge in [-0.25, -0.2) is 12.7 Å². The van der Waals surface area contributed by atoms with Crippen molar-refractivity contribution in [3.8, 4) is 5.75 Å². The molecule has 0 radical (unpaired) electrons. The van der Waals surface area contributed by atoms with Crippen LogP contribution in [-0.4, -0.2) is 62.6 Å². The predicted octanol–water partition coefficient (Wildman–Crippen LogP) is 1.51. The normalized spacial score (nSPS) is 16.7. The van der Waals surface area contributed by atoms with Crippen molar-refractivity contribution in [2.24, 2.45) is 0 Å². The van der Waals surface area contributed by atoms with Gasteiger partial charge in [0.25, 0.3) is 0 Å². The van der Waals surface area contributed by atoms with Gasteiger partial charge in [-0.1, -0.05) is 12.1 Å². The Labute approximate surface area is 144 Å². The molecular weight excluding hydrogens is 328 g/mol. The van der Waals surface area contributed by atoms with Crippen LogP contribution < -0.4 is 4.74 Å². The van der Waals surface area contributed by atoms with Gasteiger partial charge in [-0.05, 0) is 37.5 Å². The molecule has 1 aliphatic rings. The molecule has 0 aliphatic carbocycles. The minimum Gasteiger partial charge on any atom is -0.497 e. The molecule has 1 amide bonds. The van der Waals surface area contributed by atoms with Gasteiger partial charge in [-0.15, -0.1) is 0 Å². The highest BCUT2D eigenvalue weighted by atomic mass is 32.2. The van der Waals surface area contributed by atoms with Crippen LogP contribution in [0, 0.1) is 0 Å². The fourth-order valence-electron chi connectivity index (χ4n) is 2.84. The van der Waals surface area contributed by atoms with Gasteiger partial charge in [-0.2, -0.15) is 0 Å². The molecule has 0 spiro atoms. The number of hydrogen-bond donors (Lipinski definition) is 0. The summed E-state index contributed by atoms with van der Waals surface area (Å²) in [6.45, 7) is 3.62. The van der Waals surface area contributed by atoms with Gasteiger partial charge in [0.15, 0.2) is 0 Å². The zero-order valence-electron chi connectivity index (χ0n) is 14.4. The Kier molecular flexibility index (Phi) is 6.62. The highest BCUT2D eigenvalue weighted by molar-refractivity contribution is 7.89. The molecular formula is C17H26N2O4S. The van der Waals surface area contributed by atoms with E-state index in [0.717, 1.165) is 11.3 Å². The van der Waals surface area contributed by atoms with E-state index in [-0.39, 0.29) is 11.7 Å². The van der Waals surface area contributed by atoms with E-state index in [0.29, 0.717) is 45.4 Å². The second kappa shape index (κ2) is 8.48. The van der Waals surface area contributed by atoms with E-state index < -0.39 is 10.0 Å².